The lowest BCUT2D eigenvalue weighted by Gasteiger charge is -2.18. The normalized spacial score (nSPS) is 12.8. The molecule has 4 rings (SSSR count). The molecule has 3 heterocycles. The van der Waals surface area contributed by atoms with Gasteiger partial charge in [-0.2, -0.15) is 0 Å². The molecule has 0 atom stereocenters. The van der Waals surface area contributed by atoms with Crippen molar-refractivity contribution in [1.29, 1.82) is 0 Å². The maximum Gasteiger partial charge on any atom is 0.338 e. The Morgan fingerprint density at radius 3 is 2.85 bits per heavy atom. The van der Waals surface area contributed by atoms with E-state index in [0.29, 0.717) is 41.6 Å². The third-order valence-corrected chi connectivity index (χ3v) is 4.07. The van der Waals surface area contributed by atoms with Crippen molar-refractivity contribution in [3.05, 3.63) is 69.8 Å². The van der Waals surface area contributed by atoms with Crippen LogP contribution in [-0.2, 0) is 11.3 Å². The van der Waals surface area contributed by atoms with E-state index in [9.17, 15) is 9.59 Å². The van der Waals surface area contributed by atoms with Crippen molar-refractivity contribution in [1.82, 2.24) is 9.38 Å². The number of rotatable bonds is 3. The summed E-state index contributed by atoms with van der Waals surface area (Å²) in [7, 11) is 0. The number of nitrogens with zero attached hydrogens (tertiary/aromatic N) is 2. The molecule has 1 aliphatic heterocycles. The van der Waals surface area contributed by atoms with E-state index in [1.807, 2.05) is 13.0 Å². The predicted octanol–water partition coefficient (Wildman–Crippen LogP) is 2.13. The molecule has 0 saturated heterocycles. The molecule has 0 spiro atoms. The molecular formula is C19H16N2O5. The summed E-state index contributed by atoms with van der Waals surface area (Å²) in [5.41, 5.74) is 1.94. The molecule has 0 aliphatic carbocycles. The van der Waals surface area contributed by atoms with Gasteiger partial charge in [-0.05, 0) is 36.8 Å². The fourth-order valence-electron chi connectivity index (χ4n) is 2.78. The predicted molar refractivity (Wildman–Crippen MR) is 92.8 cm³/mol. The molecular weight excluding hydrogens is 336 g/mol. The van der Waals surface area contributed by atoms with Crippen molar-refractivity contribution < 1.29 is 19.0 Å². The number of fused-ring (bicyclic) bond motifs is 2. The van der Waals surface area contributed by atoms with E-state index >= 15 is 0 Å². The molecule has 7 heteroatoms. The highest BCUT2D eigenvalue weighted by atomic mass is 16.6. The summed E-state index contributed by atoms with van der Waals surface area (Å²) in [4.78, 5) is 28.9. The largest absolute Gasteiger partial charge is 0.486 e. The van der Waals surface area contributed by atoms with E-state index in [2.05, 4.69) is 4.98 Å². The van der Waals surface area contributed by atoms with Gasteiger partial charge in [-0.15, -0.1) is 0 Å². The lowest BCUT2D eigenvalue weighted by atomic mass is 10.2. The highest BCUT2D eigenvalue weighted by Gasteiger charge is 2.16. The number of hydrogen-bond donors (Lipinski definition) is 0. The SMILES string of the molecule is Cc1cccn2c(=O)cc(COC(=O)c3ccc4c(c3)OCCO4)nc12. The van der Waals surface area contributed by atoms with E-state index in [-0.39, 0.29) is 12.2 Å². The Balaban J connectivity index is 1.54. The monoisotopic (exact) mass is 352 g/mol. The van der Waals surface area contributed by atoms with Crippen molar-refractivity contribution >= 4 is 11.6 Å². The lowest BCUT2D eigenvalue weighted by molar-refractivity contribution is 0.0466. The summed E-state index contributed by atoms with van der Waals surface area (Å²) < 4.78 is 17.7. The summed E-state index contributed by atoms with van der Waals surface area (Å²) in [6.45, 7) is 2.70. The highest BCUT2D eigenvalue weighted by Crippen LogP contribution is 2.30. The quantitative estimate of drug-likeness (QED) is 0.672. The number of pyridine rings is 1. The third kappa shape index (κ3) is 2.99. The van der Waals surface area contributed by atoms with Gasteiger partial charge in [0, 0.05) is 12.3 Å². The fraction of sp³-hybridized carbons (Fsp3) is 0.211. The van der Waals surface area contributed by atoms with Gasteiger partial charge >= 0.3 is 5.97 Å². The van der Waals surface area contributed by atoms with Crippen LogP contribution in [0.3, 0.4) is 0 Å². The number of aromatic nitrogens is 2. The van der Waals surface area contributed by atoms with Gasteiger partial charge in [0.25, 0.3) is 5.56 Å². The molecule has 7 nitrogen and oxygen atoms in total. The van der Waals surface area contributed by atoms with Crippen LogP contribution in [0.2, 0.25) is 0 Å². The van der Waals surface area contributed by atoms with Gasteiger partial charge in [0.15, 0.2) is 11.5 Å². The van der Waals surface area contributed by atoms with Gasteiger partial charge < -0.3 is 14.2 Å². The highest BCUT2D eigenvalue weighted by molar-refractivity contribution is 5.90. The minimum absolute atomic E-state index is 0.0899. The second-order valence-corrected chi connectivity index (χ2v) is 5.91. The number of esters is 1. The molecule has 2 aromatic heterocycles. The molecule has 0 fully saturated rings. The molecule has 0 amide bonds. The molecule has 132 valence electrons. The van der Waals surface area contributed by atoms with Crippen molar-refractivity contribution in [2.75, 3.05) is 13.2 Å². The van der Waals surface area contributed by atoms with Crippen LogP contribution in [0.4, 0.5) is 0 Å². The Labute approximate surface area is 148 Å². The Bertz CT molecular complexity index is 1060. The minimum Gasteiger partial charge on any atom is -0.486 e. The zero-order valence-corrected chi connectivity index (χ0v) is 14.1. The van der Waals surface area contributed by atoms with Gasteiger partial charge in [0.05, 0.1) is 11.3 Å². The zero-order chi connectivity index (χ0) is 18.1. The molecule has 26 heavy (non-hydrogen) atoms. The zero-order valence-electron chi connectivity index (χ0n) is 14.1. The summed E-state index contributed by atoms with van der Waals surface area (Å²) in [6, 6.07) is 9.89. The van der Waals surface area contributed by atoms with Crippen molar-refractivity contribution in [2.24, 2.45) is 0 Å². The molecule has 3 aromatic rings. The topological polar surface area (TPSA) is 79.1 Å². The van der Waals surface area contributed by atoms with E-state index < -0.39 is 5.97 Å². The Hall–Kier alpha value is -3.35. The second-order valence-electron chi connectivity index (χ2n) is 5.91. The van der Waals surface area contributed by atoms with Gasteiger partial charge in [-0.25, -0.2) is 9.78 Å². The summed E-state index contributed by atoms with van der Waals surface area (Å²) >= 11 is 0. The molecule has 0 unspecified atom stereocenters. The smallest absolute Gasteiger partial charge is 0.338 e. The molecule has 0 saturated carbocycles. The van der Waals surface area contributed by atoms with Crippen molar-refractivity contribution in [3.8, 4) is 11.5 Å². The molecule has 1 aromatic carbocycles. The van der Waals surface area contributed by atoms with Gasteiger partial charge in [-0.3, -0.25) is 9.20 Å². The average Bonchev–Trinajstić information content (AvgIpc) is 2.66. The summed E-state index contributed by atoms with van der Waals surface area (Å²) in [6.07, 6.45) is 1.66. The van der Waals surface area contributed by atoms with Crippen LogP contribution < -0.4 is 15.0 Å². The van der Waals surface area contributed by atoms with Crippen LogP contribution in [-0.4, -0.2) is 28.6 Å². The van der Waals surface area contributed by atoms with Crippen LogP contribution in [0, 0.1) is 6.92 Å². The fourth-order valence-corrected chi connectivity index (χ4v) is 2.78. The molecule has 0 N–H and O–H groups in total. The first-order chi connectivity index (χ1) is 12.6. The first-order valence-corrected chi connectivity index (χ1v) is 8.16. The molecule has 0 radical (unpaired) electrons. The van der Waals surface area contributed by atoms with E-state index in [0.717, 1.165) is 5.56 Å². The van der Waals surface area contributed by atoms with E-state index in [4.69, 9.17) is 14.2 Å². The number of aryl methyl sites for hydroxylation is 1. The van der Waals surface area contributed by atoms with Crippen LogP contribution in [0.5, 0.6) is 11.5 Å². The number of benzene rings is 1. The van der Waals surface area contributed by atoms with E-state index in [1.165, 1.54) is 10.5 Å². The minimum atomic E-state index is -0.520. The maximum absolute atomic E-state index is 12.3. The standard InChI is InChI=1S/C19H16N2O5/c1-12-3-2-6-21-17(22)10-14(20-18(12)21)11-26-19(23)13-4-5-15-16(9-13)25-8-7-24-15/h2-6,9-10H,7-8,11H2,1H3. The van der Waals surface area contributed by atoms with Crippen molar-refractivity contribution in [3.63, 3.8) is 0 Å². The second kappa shape index (κ2) is 6.51. The van der Waals surface area contributed by atoms with Gasteiger partial charge in [-0.1, -0.05) is 6.07 Å². The first-order valence-electron chi connectivity index (χ1n) is 8.16. The number of carbonyl (C=O) groups is 1. The van der Waals surface area contributed by atoms with Crippen LogP contribution in [0.1, 0.15) is 21.6 Å². The van der Waals surface area contributed by atoms with Crippen LogP contribution in [0.15, 0.2) is 47.4 Å². The lowest BCUT2D eigenvalue weighted by Crippen LogP contribution is -2.17. The third-order valence-electron chi connectivity index (χ3n) is 4.07. The first kappa shape index (κ1) is 16.1. The van der Waals surface area contributed by atoms with Crippen LogP contribution in [0.25, 0.3) is 5.65 Å². The average molecular weight is 352 g/mol. The molecule has 0 bridgehead atoms. The number of ether oxygens (including phenoxy) is 3. The molecule has 1 aliphatic rings. The number of carbonyl (C=O) groups excluding carboxylic acids is 1. The van der Waals surface area contributed by atoms with E-state index in [1.54, 1.807) is 30.5 Å². The number of hydrogen-bond acceptors (Lipinski definition) is 6. The van der Waals surface area contributed by atoms with Gasteiger partial charge in [0.1, 0.15) is 25.5 Å². The maximum atomic E-state index is 12.3. The Morgan fingerprint density at radius 2 is 2.00 bits per heavy atom. The van der Waals surface area contributed by atoms with Crippen LogP contribution >= 0.6 is 0 Å². The Morgan fingerprint density at radius 1 is 1.19 bits per heavy atom. The van der Waals surface area contributed by atoms with Gasteiger partial charge in [0.2, 0.25) is 0 Å². The Kier molecular flexibility index (Phi) is 4.04. The summed E-state index contributed by atoms with van der Waals surface area (Å²) in [5.74, 6) is 0.602. The van der Waals surface area contributed by atoms with Crippen molar-refractivity contribution in [2.45, 2.75) is 13.5 Å². The summed E-state index contributed by atoms with van der Waals surface area (Å²) in [5, 5.41) is 0.